The topological polar surface area (TPSA) is 96.7 Å². The van der Waals surface area contributed by atoms with E-state index in [4.69, 9.17) is 0 Å². The number of carboxylic acid groups (broad SMARTS) is 1. The van der Waals surface area contributed by atoms with E-state index in [9.17, 15) is 9.90 Å². The van der Waals surface area contributed by atoms with E-state index in [0.717, 1.165) is 24.4 Å². The normalized spacial score (nSPS) is 19.9. The highest BCUT2D eigenvalue weighted by atomic mass is 16.4. The molecule has 7 nitrogen and oxygen atoms in total. The van der Waals surface area contributed by atoms with Gasteiger partial charge in [0, 0.05) is 5.69 Å². The molecule has 0 fully saturated rings. The van der Waals surface area contributed by atoms with Crippen LogP contribution in [0.3, 0.4) is 0 Å². The highest BCUT2D eigenvalue weighted by Crippen LogP contribution is 2.31. The summed E-state index contributed by atoms with van der Waals surface area (Å²) in [5.74, 6) is -0.548. The van der Waals surface area contributed by atoms with Crippen LogP contribution in [0.25, 0.3) is 0 Å². The fourth-order valence-corrected chi connectivity index (χ4v) is 2.52. The number of carboxylic acids is 1. The number of nitrogens with one attached hydrogen (secondary N) is 1. The van der Waals surface area contributed by atoms with Crippen LogP contribution in [0.5, 0.6) is 0 Å². The molecular weight excluding hydrogens is 246 g/mol. The molecule has 19 heavy (non-hydrogen) atoms. The fourth-order valence-electron chi connectivity index (χ4n) is 2.52. The predicted octanol–water partition coefficient (Wildman–Crippen LogP) is 1.11. The number of imidazole rings is 1. The molecule has 0 amide bonds. The summed E-state index contributed by atoms with van der Waals surface area (Å²) in [5, 5.41) is 13.3. The summed E-state index contributed by atoms with van der Waals surface area (Å²) >= 11 is 0. The average molecular weight is 261 g/mol. The van der Waals surface area contributed by atoms with Gasteiger partial charge in [-0.1, -0.05) is 0 Å². The maximum Gasteiger partial charge on any atom is 0.312 e. The highest BCUT2D eigenvalue weighted by molar-refractivity contribution is 5.76. The largest absolute Gasteiger partial charge is 0.481 e. The lowest BCUT2D eigenvalue weighted by Crippen LogP contribution is -2.17. The van der Waals surface area contributed by atoms with Gasteiger partial charge in [-0.25, -0.2) is 14.6 Å². The van der Waals surface area contributed by atoms with Gasteiger partial charge in [-0.15, -0.1) is 0 Å². The Morgan fingerprint density at radius 1 is 1.63 bits per heavy atom. The fraction of sp³-hybridized carbons (Fsp3) is 0.500. The van der Waals surface area contributed by atoms with E-state index in [0.29, 0.717) is 12.1 Å². The van der Waals surface area contributed by atoms with Gasteiger partial charge in [0.1, 0.15) is 30.4 Å². The number of hydrogen-bond acceptors (Lipinski definition) is 4. The molecule has 2 N–H and O–H groups in total. The molecule has 2 unspecified atom stereocenters. The van der Waals surface area contributed by atoms with Gasteiger partial charge in [-0.2, -0.15) is 5.10 Å². The van der Waals surface area contributed by atoms with Crippen molar-refractivity contribution in [3.05, 3.63) is 29.9 Å². The molecule has 0 saturated carbocycles. The quantitative estimate of drug-likeness (QED) is 0.862. The summed E-state index contributed by atoms with van der Waals surface area (Å²) in [7, 11) is 0. The van der Waals surface area contributed by atoms with E-state index in [-0.39, 0.29) is 6.04 Å². The third kappa shape index (κ3) is 2.00. The number of aromatic nitrogens is 5. The molecule has 1 aliphatic carbocycles. The second kappa shape index (κ2) is 4.49. The lowest BCUT2D eigenvalue weighted by atomic mass is 9.90. The molecule has 0 bridgehead atoms. The smallest absolute Gasteiger partial charge is 0.312 e. The van der Waals surface area contributed by atoms with Crippen molar-refractivity contribution in [2.75, 3.05) is 0 Å². The summed E-state index contributed by atoms with van der Waals surface area (Å²) in [6.45, 7) is 1.95. The molecule has 2 atom stereocenters. The van der Waals surface area contributed by atoms with E-state index in [1.165, 1.54) is 6.33 Å². The number of nitrogens with zero attached hydrogens (tertiary/aromatic N) is 4. The van der Waals surface area contributed by atoms with Crippen LogP contribution in [0.1, 0.15) is 48.9 Å². The Balaban J connectivity index is 1.95. The van der Waals surface area contributed by atoms with Gasteiger partial charge < -0.3 is 10.1 Å². The van der Waals surface area contributed by atoms with E-state index < -0.39 is 11.9 Å². The van der Waals surface area contributed by atoms with Crippen LogP contribution in [0.2, 0.25) is 0 Å². The van der Waals surface area contributed by atoms with Crippen molar-refractivity contribution in [1.29, 1.82) is 0 Å². The summed E-state index contributed by atoms with van der Waals surface area (Å²) < 4.78 is 1.69. The van der Waals surface area contributed by atoms with Crippen molar-refractivity contribution in [3.63, 3.8) is 0 Å². The zero-order chi connectivity index (χ0) is 13.4. The minimum absolute atomic E-state index is 0.0810. The van der Waals surface area contributed by atoms with Gasteiger partial charge in [0.05, 0.1) is 5.69 Å². The zero-order valence-corrected chi connectivity index (χ0v) is 10.6. The lowest BCUT2D eigenvalue weighted by molar-refractivity contribution is -0.139. The first-order valence-corrected chi connectivity index (χ1v) is 6.32. The van der Waals surface area contributed by atoms with Crippen molar-refractivity contribution >= 4 is 5.97 Å². The molecule has 0 aromatic carbocycles. The molecule has 7 heteroatoms. The van der Waals surface area contributed by atoms with Crippen LogP contribution >= 0.6 is 0 Å². The van der Waals surface area contributed by atoms with Gasteiger partial charge in [-0.05, 0) is 26.2 Å². The van der Waals surface area contributed by atoms with Gasteiger partial charge in [0.25, 0.3) is 0 Å². The summed E-state index contributed by atoms with van der Waals surface area (Å²) in [5.41, 5.74) is 1.63. The number of H-pyrrole nitrogens is 1. The van der Waals surface area contributed by atoms with Gasteiger partial charge in [0.2, 0.25) is 0 Å². The Morgan fingerprint density at radius 2 is 2.47 bits per heavy atom. The van der Waals surface area contributed by atoms with E-state index in [1.54, 1.807) is 11.0 Å². The van der Waals surface area contributed by atoms with Crippen LogP contribution in [0.4, 0.5) is 0 Å². The monoisotopic (exact) mass is 261 g/mol. The van der Waals surface area contributed by atoms with Crippen molar-refractivity contribution < 1.29 is 9.90 Å². The van der Waals surface area contributed by atoms with Crippen molar-refractivity contribution in [2.24, 2.45) is 0 Å². The molecule has 0 saturated heterocycles. The third-order valence-corrected chi connectivity index (χ3v) is 3.61. The molecule has 0 radical (unpaired) electrons. The SMILES string of the molecule is CC(c1nc2c([nH]1)CCCC2C(=O)O)n1cncn1. The van der Waals surface area contributed by atoms with E-state index >= 15 is 0 Å². The minimum Gasteiger partial charge on any atom is -0.481 e. The lowest BCUT2D eigenvalue weighted by Gasteiger charge is -2.16. The van der Waals surface area contributed by atoms with Gasteiger partial charge in [-0.3, -0.25) is 4.79 Å². The van der Waals surface area contributed by atoms with Gasteiger partial charge >= 0.3 is 5.97 Å². The average Bonchev–Trinajstić information content (AvgIpc) is 3.06. The Labute approximate surface area is 109 Å². The zero-order valence-electron chi connectivity index (χ0n) is 10.6. The number of aryl methyl sites for hydroxylation is 1. The van der Waals surface area contributed by atoms with Crippen LogP contribution in [0.15, 0.2) is 12.7 Å². The molecule has 0 spiro atoms. The van der Waals surface area contributed by atoms with Crippen molar-refractivity contribution in [3.8, 4) is 0 Å². The van der Waals surface area contributed by atoms with Crippen LogP contribution in [-0.2, 0) is 11.2 Å². The minimum atomic E-state index is -0.799. The maximum atomic E-state index is 11.2. The van der Waals surface area contributed by atoms with Crippen LogP contribution in [0, 0.1) is 0 Å². The van der Waals surface area contributed by atoms with E-state index in [2.05, 4.69) is 20.1 Å². The molecule has 2 heterocycles. The number of carbonyl (C=O) groups is 1. The number of fused-ring (bicyclic) bond motifs is 1. The summed E-state index contributed by atoms with van der Waals surface area (Å²) in [6, 6.07) is -0.0810. The number of aliphatic carboxylic acids is 1. The summed E-state index contributed by atoms with van der Waals surface area (Å²) in [4.78, 5) is 22.9. The number of rotatable bonds is 3. The molecule has 2 aromatic rings. The number of hydrogen-bond donors (Lipinski definition) is 2. The second-order valence-corrected chi connectivity index (χ2v) is 4.82. The Bertz CT molecular complexity index is 589. The van der Waals surface area contributed by atoms with Crippen molar-refractivity contribution in [2.45, 2.75) is 38.1 Å². The molecule has 1 aliphatic rings. The third-order valence-electron chi connectivity index (χ3n) is 3.61. The Hall–Kier alpha value is -2.18. The first-order chi connectivity index (χ1) is 9.16. The molecule has 3 rings (SSSR count). The van der Waals surface area contributed by atoms with Crippen molar-refractivity contribution in [1.82, 2.24) is 24.7 Å². The first-order valence-electron chi connectivity index (χ1n) is 6.32. The van der Waals surface area contributed by atoms with Crippen LogP contribution in [-0.4, -0.2) is 35.8 Å². The number of aromatic amines is 1. The molecular formula is C12H15N5O2. The van der Waals surface area contributed by atoms with E-state index in [1.807, 2.05) is 6.92 Å². The highest BCUT2D eigenvalue weighted by Gasteiger charge is 2.30. The first kappa shape index (κ1) is 11.9. The maximum absolute atomic E-state index is 11.2. The van der Waals surface area contributed by atoms with Crippen LogP contribution < -0.4 is 0 Å². The molecule has 2 aromatic heterocycles. The predicted molar refractivity (Wildman–Crippen MR) is 65.7 cm³/mol. The summed E-state index contributed by atoms with van der Waals surface area (Å²) in [6.07, 6.45) is 5.49. The Morgan fingerprint density at radius 3 is 3.16 bits per heavy atom. The molecule has 100 valence electrons. The standard InChI is InChI=1S/C12H15N5O2/c1-7(17-6-13-5-14-17)11-15-9-4-2-3-8(12(18)19)10(9)16-11/h5-8H,2-4H2,1H3,(H,15,16)(H,18,19). The van der Waals surface area contributed by atoms with Gasteiger partial charge in [0.15, 0.2) is 0 Å². The Kier molecular flexibility index (Phi) is 2.81. The molecule has 0 aliphatic heterocycles. The second-order valence-electron chi connectivity index (χ2n) is 4.82.